The summed E-state index contributed by atoms with van der Waals surface area (Å²) in [6.07, 6.45) is 4.05. The van der Waals surface area contributed by atoms with Gasteiger partial charge in [0.25, 0.3) is 0 Å². The van der Waals surface area contributed by atoms with Crippen LogP contribution >= 0.6 is 0 Å². The number of aliphatic carboxylic acids is 1. The minimum atomic E-state index is -0.657. The molecule has 1 saturated carbocycles. The molecule has 1 aromatic rings. The fourth-order valence-electron chi connectivity index (χ4n) is 5.58. The number of carboxylic acids is 1. The molecule has 3 fully saturated rings. The van der Waals surface area contributed by atoms with Gasteiger partial charge < -0.3 is 15.7 Å². The first kappa shape index (κ1) is 21.9. The molecule has 5 nitrogen and oxygen atoms in total. The highest BCUT2D eigenvalue weighted by Crippen LogP contribution is 2.68. The SMILES string of the molecule is CC1(C)C(C(=O)O)C1(C)C.Cc1cc(N)ccc1N1CCC(N2CCCC2C)C1. The molecule has 0 aromatic heterocycles. The Hall–Kier alpha value is -1.75. The molecule has 29 heavy (non-hydrogen) atoms. The van der Waals surface area contributed by atoms with Gasteiger partial charge in [0.1, 0.15) is 0 Å². The van der Waals surface area contributed by atoms with Crippen molar-refractivity contribution in [2.75, 3.05) is 30.3 Å². The van der Waals surface area contributed by atoms with E-state index in [9.17, 15) is 4.79 Å². The number of nitrogens with zero attached hydrogens (tertiary/aromatic N) is 2. The van der Waals surface area contributed by atoms with Crippen molar-refractivity contribution >= 4 is 17.3 Å². The molecule has 2 heterocycles. The van der Waals surface area contributed by atoms with E-state index < -0.39 is 5.97 Å². The van der Waals surface area contributed by atoms with E-state index in [1.807, 2.05) is 33.8 Å². The number of nitrogen functional groups attached to an aromatic ring is 1. The van der Waals surface area contributed by atoms with Gasteiger partial charge in [0, 0.05) is 36.5 Å². The minimum Gasteiger partial charge on any atom is -0.481 e. The summed E-state index contributed by atoms with van der Waals surface area (Å²) in [6, 6.07) is 7.81. The van der Waals surface area contributed by atoms with Crippen LogP contribution in [0.15, 0.2) is 18.2 Å². The number of hydrogen-bond acceptors (Lipinski definition) is 4. The number of nitrogens with two attached hydrogens (primary N) is 1. The van der Waals surface area contributed by atoms with Crippen molar-refractivity contribution < 1.29 is 9.90 Å². The second-order valence-electron chi connectivity index (χ2n) is 10.4. The number of carboxylic acid groups (broad SMARTS) is 1. The Labute approximate surface area is 176 Å². The number of hydrogen-bond donors (Lipinski definition) is 2. The molecular weight excluding hydrogens is 362 g/mol. The Morgan fingerprint density at radius 3 is 2.24 bits per heavy atom. The highest BCUT2D eigenvalue weighted by molar-refractivity contribution is 5.76. The zero-order valence-corrected chi connectivity index (χ0v) is 19.0. The molecule has 2 aliphatic heterocycles. The monoisotopic (exact) mass is 401 g/mol. The molecule has 2 saturated heterocycles. The molecule has 4 rings (SSSR count). The normalized spacial score (nSPS) is 28.1. The lowest BCUT2D eigenvalue weighted by atomic mass is 10.0. The van der Waals surface area contributed by atoms with Gasteiger partial charge in [-0.3, -0.25) is 9.69 Å². The molecule has 0 spiro atoms. The van der Waals surface area contributed by atoms with Crippen LogP contribution in [0, 0.1) is 23.7 Å². The van der Waals surface area contributed by atoms with E-state index in [-0.39, 0.29) is 16.7 Å². The van der Waals surface area contributed by atoms with Gasteiger partial charge >= 0.3 is 5.97 Å². The van der Waals surface area contributed by atoms with Crippen LogP contribution in [0.3, 0.4) is 0 Å². The van der Waals surface area contributed by atoms with E-state index in [0.29, 0.717) is 0 Å². The van der Waals surface area contributed by atoms with E-state index in [1.54, 1.807) is 0 Å². The molecule has 2 atom stereocenters. The van der Waals surface area contributed by atoms with Crippen molar-refractivity contribution in [1.29, 1.82) is 0 Å². The maximum absolute atomic E-state index is 10.6. The van der Waals surface area contributed by atoms with Crippen LogP contribution in [0.2, 0.25) is 0 Å². The first-order valence-electron chi connectivity index (χ1n) is 11.1. The van der Waals surface area contributed by atoms with Crippen LogP contribution in [0.1, 0.15) is 59.4 Å². The van der Waals surface area contributed by atoms with Crippen LogP contribution in [0.4, 0.5) is 11.4 Å². The van der Waals surface area contributed by atoms with E-state index in [1.165, 1.54) is 50.1 Å². The molecule has 3 N–H and O–H groups in total. The number of aryl methyl sites for hydroxylation is 1. The molecule has 0 bridgehead atoms. The van der Waals surface area contributed by atoms with Gasteiger partial charge in [-0.1, -0.05) is 27.7 Å². The van der Waals surface area contributed by atoms with E-state index >= 15 is 0 Å². The fraction of sp³-hybridized carbons (Fsp3) is 0.708. The van der Waals surface area contributed by atoms with Crippen molar-refractivity contribution in [3.8, 4) is 0 Å². The van der Waals surface area contributed by atoms with Crippen molar-refractivity contribution in [3.05, 3.63) is 23.8 Å². The summed E-state index contributed by atoms with van der Waals surface area (Å²) in [4.78, 5) is 15.8. The van der Waals surface area contributed by atoms with Gasteiger partial charge in [0.15, 0.2) is 0 Å². The highest BCUT2D eigenvalue weighted by atomic mass is 16.4. The number of carbonyl (C=O) groups is 1. The largest absolute Gasteiger partial charge is 0.481 e. The predicted octanol–water partition coefficient (Wildman–Crippen LogP) is 4.39. The predicted molar refractivity (Wildman–Crippen MR) is 120 cm³/mol. The van der Waals surface area contributed by atoms with Crippen LogP contribution < -0.4 is 10.6 Å². The molecule has 2 unspecified atom stereocenters. The summed E-state index contributed by atoms with van der Waals surface area (Å²) in [5, 5.41) is 8.72. The average molecular weight is 402 g/mol. The zero-order chi connectivity index (χ0) is 21.6. The number of anilines is 2. The van der Waals surface area contributed by atoms with Gasteiger partial charge in [-0.2, -0.15) is 0 Å². The molecule has 3 aliphatic rings. The molecular formula is C24H39N3O2. The molecule has 0 radical (unpaired) electrons. The molecule has 1 aromatic carbocycles. The average Bonchev–Trinajstić information content (AvgIpc) is 3.06. The first-order chi connectivity index (χ1) is 13.5. The van der Waals surface area contributed by atoms with E-state index in [4.69, 9.17) is 10.8 Å². The Morgan fingerprint density at radius 1 is 1.14 bits per heavy atom. The summed E-state index contributed by atoms with van der Waals surface area (Å²) in [6.45, 7) is 16.2. The third-order valence-electron chi connectivity index (χ3n) is 8.07. The topological polar surface area (TPSA) is 69.8 Å². The Kier molecular flexibility index (Phi) is 5.92. The Bertz CT molecular complexity index is 744. The Balaban J connectivity index is 0.000000204. The number of likely N-dealkylation sites (tertiary alicyclic amines) is 1. The fourth-order valence-corrected chi connectivity index (χ4v) is 5.58. The van der Waals surface area contributed by atoms with Gasteiger partial charge in [0.05, 0.1) is 5.92 Å². The number of rotatable bonds is 3. The van der Waals surface area contributed by atoms with Crippen molar-refractivity contribution in [3.63, 3.8) is 0 Å². The molecule has 1 aliphatic carbocycles. The van der Waals surface area contributed by atoms with Gasteiger partial charge in [-0.15, -0.1) is 0 Å². The second kappa shape index (κ2) is 7.82. The van der Waals surface area contributed by atoms with Gasteiger partial charge in [-0.25, -0.2) is 0 Å². The molecule has 5 heteroatoms. The van der Waals surface area contributed by atoms with Gasteiger partial charge in [-0.05, 0) is 74.2 Å². The Morgan fingerprint density at radius 2 is 1.79 bits per heavy atom. The lowest BCUT2D eigenvalue weighted by molar-refractivity contribution is -0.139. The standard InChI is InChI=1S/C16H25N3.C8H14O2/c1-12-10-14(17)5-6-16(12)18-9-7-15(11-18)19-8-3-4-13(19)2;1-7(2)5(6(9)10)8(7,3)4/h5-6,10,13,15H,3-4,7-9,11,17H2,1-2H3;5H,1-4H3,(H,9,10). The zero-order valence-electron chi connectivity index (χ0n) is 19.0. The molecule has 162 valence electrons. The van der Waals surface area contributed by atoms with E-state index in [0.717, 1.165) is 17.8 Å². The highest BCUT2D eigenvalue weighted by Gasteiger charge is 2.68. The van der Waals surface area contributed by atoms with Crippen LogP contribution in [0.25, 0.3) is 0 Å². The van der Waals surface area contributed by atoms with Crippen LogP contribution in [-0.2, 0) is 4.79 Å². The first-order valence-corrected chi connectivity index (χ1v) is 11.1. The van der Waals surface area contributed by atoms with Crippen LogP contribution in [0.5, 0.6) is 0 Å². The van der Waals surface area contributed by atoms with Crippen molar-refractivity contribution in [1.82, 2.24) is 4.90 Å². The summed E-state index contributed by atoms with van der Waals surface area (Å²) in [7, 11) is 0. The number of benzene rings is 1. The van der Waals surface area contributed by atoms with E-state index in [2.05, 4.69) is 35.8 Å². The van der Waals surface area contributed by atoms with Gasteiger partial charge in [0.2, 0.25) is 0 Å². The van der Waals surface area contributed by atoms with Crippen LogP contribution in [-0.4, -0.2) is 47.7 Å². The lowest BCUT2D eigenvalue weighted by Gasteiger charge is -2.29. The summed E-state index contributed by atoms with van der Waals surface area (Å²) < 4.78 is 0. The summed E-state index contributed by atoms with van der Waals surface area (Å²) in [5.74, 6) is -0.810. The minimum absolute atomic E-state index is 0.0150. The summed E-state index contributed by atoms with van der Waals surface area (Å²) in [5.41, 5.74) is 9.35. The quantitative estimate of drug-likeness (QED) is 0.735. The lowest BCUT2D eigenvalue weighted by Crippen LogP contribution is -2.39. The maximum atomic E-state index is 10.6. The van der Waals surface area contributed by atoms with Crippen molar-refractivity contribution in [2.45, 2.75) is 72.9 Å². The second-order valence-corrected chi connectivity index (χ2v) is 10.4. The molecule has 0 amide bonds. The summed E-state index contributed by atoms with van der Waals surface area (Å²) >= 11 is 0. The smallest absolute Gasteiger partial charge is 0.307 e. The van der Waals surface area contributed by atoms with Crippen molar-refractivity contribution in [2.24, 2.45) is 16.7 Å². The third-order valence-corrected chi connectivity index (χ3v) is 8.07. The maximum Gasteiger partial charge on any atom is 0.307 e. The third kappa shape index (κ3) is 4.11.